The second kappa shape index (κ2) is 6.43. The van der Waals surface area contributed by atoms with Gasteiger partial charge in [-0.05, 0) is 37.5 Å². The van der Waals surface area contributed by atoms with Crippen LogP contribution in [-0.2, 0) is 14.8 Å². The molecular formula is C13H14F2N2O3S. The number of nitrogens with zero attached hydrogens (tertiary/aromatic N) is 2. The molecule has 1 aromatic carbocycles. The van der Waals surface area contributed by atoms with Gasteiger partial charge in [0.05, 0.1) is 0 Å². The van der Waals surface area contributed by atoms with Crippen molar-refractivity contribution < 1.29 is 22.0 Å². The van der Waals surface area contributed by atoms with E-state index in [0.717, 1.165) is 22.9 Å². The molecule has 5 nitrogen and oxygen atoms in total. The predicted octanol–water partition coefficient (Wildman–Crippen LogP) is 2.19. The average Bonchev–Trinajstić information content (AvgIpc) is 2.68. The standard InChI is InChI=1S/C13H14F2N2O3S/c14-10-5-6-11(15)12(8-10)21(19,20)17-7-3-1-2-4-13(17)16-9-18/h5-6,8,13H,1-4,7H2. The number of halogens is 2. The van der Waals surface area contributed by atoms with Gasteiger partial charge in [-0.25, -0.2) is 22.0 Å². The molecule has 1 heterocycles. The molecule has 0 bridgehead atoms. The van der Waals surface area contributed by atoms with Crippen LogP contribution < -0.4 is 0 Å². The molecule has 1 fully saturated rings. The molecule has 1 atom stereocenters. The fraction of sp³-hybridized carbons (Fsp3) is 0.462. The maximum Gasteiger partial charge on any atom is 0.247 e. The minimum atomic E-state index is -4.26. The lowest BCUT2D eigenvalue weighted by atomic mass is 10.2. The summed E-state index contributed by atoms with van der Waals surface area (Å²) in [6.45, 7) is 0.105. The maximum atomic E-state index is 13.8. The number of hydrogen-bond donors (Lipinski definition) is 0. The molecule has 0 aliphatic carbocycles. The van der Waals surface area contributed by atoms with Crippen molar-refractivity contribution in [1.82, 2.24) is 4.31 Å². The summed E-state index contributed by atoms with van der Waals surface area (Å²) < 4.78 is 53.0. The number of rotatable bonds is 3. The third-order valence-corrected chi connectivity index (χ3v) is 5.27. The zero-order valence-corrected chi connectivity index (χ0v) is 11.9. The van der Waals surface area contributed by atoms with Gasteiger partial charge in [0.1, 0.15) is 22.7 Å². The monoisotopic (exact) mass is 316 g/mol. The molecule has 1 saturated heterocycles. The van der Waals surface area contributed by atoms with Crippen LogP contribution in [0.1, 0.15) is 25.7 Å². The van der Waals surface area contributed by atoms with Crippen LogP contribution in [0.4, 0.5) is 8.78 Å². The van der Waals surface area contributed by atoms with Crippen molar-refractivity contribution in [3.63, 3.8) is 0 Å². The highest BCUT2D eigenvalue weighted by Crippen LogP contribution is 2.27. The molecule has 1 unspecified atom stereocenters. The normalized spacial score (nSPS) is 20.6. The SMILES string of the molecule is O=C=NC1CCCCCN1S(=O)(=O)c1cc(F)ccc1F. The Labute approximate surface area is 121 Å². The van der Waals surface area contributed by atoms with Crippen LogP contribution in [0.5, 0.6) is 0 Å². The number of carbonyl (C=O) groups excluding carboxylic acids is 1. The zero-order chi connectivity index (χ0) is 15.5. The van der Waals surface area contributed by atoms with Crippen LogP contribution in [-0.4, -0.2) is 31.5 Å². The Morgan fingerprint density at radius 3 is 2.71 bits per heavy atom. The van der Waals surface area contributed by atoms with E-state index in [4.69, 9.17) is 0 Å². The van der Waals surface area contributed by atoms with Crippen LogP contribution in [0.25, 0.3) is 0 Å². The molecule has 1 aliphatic rings. The Bertz CT molecular complexity index is 672. The van der Waals surface area contributed by atoms with Gasteiger partial charge in [0.2, 0.25) is 16.1 Å². The number of sulfonamides is 1. The molecule has 8 heteroatoms. The average molecular weight is 316 g/mol. The largest absolute Gasteiger partial charge is 0.247 e. The molecule has 1 aromatic rings. The summed E-state index contributed by atoms with van der Waals surface area (Å²) in [4.78, 5) is 13.2. The van der Waals surface area contributed by atoms with E-state index in [2.05, 4.69) is 4.99 Å². The van der Waals surface area contributed by atoms with E-state index in [1.165, 1.54) is 6.08 Å². The van der Waals surface area contributed by atoms with E-state index in [1.54, 1.807) is 0 Å². The highest BCUT2D eigenvalue weighted by atomic mass is 32.2. The van der Waals surface area contributed by atoms with Crippen LogP contribution in [0, 0.1) is 11.6 Å². The highest BCUT2D eigenvalue weighted by Gasteiger charge is 2.34. The van der Waals surface area contributed by atoms with Gasteiger partial charge in [0.25, 0.3) is 0 Å². The Hall–Kier alpha value is -1.63. The number of isocyanates is 1. The van der Waals surface area contributed by atoms with Gasteiger partial charge in [0.15, 0.2) is 0 Å². The summed E-state index contributed by atoms with van der Waals surface area (Å²) in [5.74, 6) is -1.88. The van der Waals surface area contributed by atoms with E-state index >= 15 is 0 Å². The fourth-order valence-corrected chi connectivity index (χ4v) is 4.01. The third kappa shape index (κ3) is 3.34. The molecule has 0 amide bonds. The first-order valence-corrected chi connectivity index (χ1v) is 7.94. The van der Waals surface area contributed by atoms with Crippen LogP contribution in [0.3, 0.4) is 0 Å². The lowest BCUT2D eigenvalue weighted by molar-refractivity contribution is 0.328. The summed E-state index contributed by atoms with van der Waals surface area (Å²) >= 11 is 0. The third-order valence-electron chi connectivity index (χ3n) is 3.35. The van der Waals surface area contributed by atoms with Gasteiger partial charge in [-0.3, -0.25) is 0 Å². The summed E-state index contributed by atoms with van der Waals surface area (Å²) in [5.41, 5.74) is 0. The predicted molar refractivity (Wildman–Crippen MR) is 70.6 cm³/mol. The summed E-state index contributed by atoms with van der Waals surface area (Å²) in [5, 5.41) is 0. The van der Waals surface area contributed by atoms with Gasteiger partial charge in [-0.2, -0.15) is 9.30 Å². The van der Waals surface area contributed by atoms with Gasteiger partial charge < -0.3 is 0 Å². The second-order valence-corrected chi connectivity index (χ2v) is 6.60. The van der Waals surface area contributed by atoms with E-state index in [0.29, 0.717) is 25.3 Å². The van der Waals surface area contributed by atoms with Gasteiger partial charge in [-0.1, -0.05) is 6.42 Å². The molecule has 21 heavy (non-hydrogen) atoms. The van der Waals surface area contributed by atoms with Gasteiger partial charge >= 0.3 is 0 Å². The van der Waals surface area contributed by atoms with Crippen LogP contribution in [0.15, 0.2) is 28.1 Å². The maximum absolute atomic E-state index is 13.8. The lowest BCUT2D eigenvalue weighted by Gasteiger charge is -2.25. The molecule has 0 saturated carbocycles. The van der Waals surface area contributed by atoms with Gasteiger partial charge in [0, 0.05) is 6.54 Å². The molecule has 0 spiro atoms. The molecule has 2 rings (SSSR count). The van der Waals surface area contributed by atoms with E-state index in [-0.39, 0.29) is 6.54 Å². The Morgan fingerprint density at radius 2 is 2.00 bits per heavy atom. The first-order chi connectivity index (χ1) is 9.96. The Kier molecular flexibility index (Phi) is 4.82. The van der Waals surface area contributed by atoms with Crippen LogP contribution >= 0.6 is 0 Å². The molecule has 114 valence electrons. The van der Waals surface area contributed by atoms with Crippen molar-refractivity contribution in [3.05, 3.63) is 29.8 Å². The van der Waals surface area contributed by atoms with Crippen LogP contribution in [0.2, 0.25) is 0 Å². The molecule has 0 N–H and O–H groups in total. The minimum Gasteiger partial charge on any atom is -0.211 e. The first-order valence-electron chi connectivity index (χ1n) is 6.50. The highest BCUT2D eigenvalue weighted by molar-refractivity contribution is 7.89. The van der Waals surface area contributed by atoms with Crippen molar-refractivity contribution in [2.24, 2.45) is 4.99 Å². The summed E-state index contributed by atoms with van der Waals surface area (Å²) in [6, 6.07) is 2.24. The van der Waals surface area contributed by atoms with Crippen molar-refractivity contribution >= 4 is 16.1 Å². The minimum absolute atomic E-state index is 0.105. The number of benzene rings is 1. The first kappa shape index (κ1) is 15.8. The Balaban J connectivity index is 2.48. The topological polar surface area (TPSA) is 66.8 Å². The number of hydrogen-bond acceptors (Lipinski definition) is 4. The van der Waals surface area contributed by atoms with E-state index in [1.807, 2.05) is 0 Å². The molecule has 1 aliphatic heterocycles. The summed E-state index contributed by atoms with van der Waals surface area (Å²) in [7, 11) is -4.26. The van der Waals surface area contributed by atoms with Crippen molar-refractivity contribution in [3.8, 4) is 0 Å². The van der Waals surface area contributed by atoms with E-state index in [9.17, 15) is 22.0 Å². The zero-order valence-electron chi connectivity index (χ0n) is 11.1. The van der Waals surface area contributed by atoms with Crippen molar-refractivity contribution in [2.75, 3.05) is 6.54 Å². The number of aliphatic imine (C=N–C) groups is 1. The fourth-order valence-electron chi connectivity index (χ4n) is 2.34. The van der Waals surface area contributed by atoms with E-state index < -0.39 is 32.7 Å². The molecule has 0 aromatic heterocycles. The second-order valence-electron chi connectivity index (χ2n) is 4.74. The summed E-state index contributed by atoms with van der Waals surface area (Å²) in [6.07, 6.45) is 2.83. The van der Waals surface area contributed by atoms with Crippen molar-refractivity contribution in [2.45, 2.75) is 36.7 Å². The Morgan fingerprint density at radius 1 is 1.24 bits per heavy atom. The molecular weight excluding hydrogens is 302 g/mol. The quantitative estimate of drug-likeness (QED) is 0.634. The van der Waals surface area contributed by atoms with Crippen molar-refractivity contribution in [1.29, 1.82) is 0 Å². The lowest BCUT2D eigenvalue weighted by Crippen LogP contribution is -2.39. The van der Waals surface area contributed by atoms with Gasteiger partial charge in [-0.15, -0.1) is 0 Å². The molecule has 0 radical (unpaired) electrons. The smallest absolute Gasteiger partial charge is 0.211 e.